The van der Waals surface area contributed by atoms with Gasteiger partial charge in [-0.2, -0.15) is 0 Å². The summed E-state index contributed by atoms with van der Waals surface area (Å²) in [6.07, 6.45) is 7.89. The van der Waals surface area contributed by atoms with Crippen molar-refractivity contribution in [2.45, 2.75) is 32.4 Å². The predicted octanol–water partition coefficient (Wildman–Crippen LogP) is 3.59. The Morgan fingerprint density at radius 1 is 1.28 bits per heavy atom. The molecule has 0 spiro atoms. The fourth-order valence-corrected chi connectivity index (χ4v) is 3.45. The zero-order valence-corrected chi connectivity index (χ0v) is 14.3. The van der Waals surface area contributed by atoms with Crippen molar-refractivity contribution in [3.8, 4) is 0 Å². The molecule has 4 rings (SSSR count). The Balaban J connectivity index is 1.52. The SMILES string of the molecule is Cc1cccc(Nc2cc([C@@H]3CCCN3Cc3cnc[nH]3)ccn2)n1. The van der Waals surface area contributed by atoms with Gasteiger partial charge in [-0.3, -0.25) is 4.90 Å². The molecular weight excluding hydrogens is 312 g/mol. The van der Waals surface area contributed by atoms with E-state index in [0.717, 1.165) is 36.1 Å². The number of imidazole rings is 1. The van der Waals surface area contributed by atoms with Crippen molar-refractivity contribution in [1.82, 2.24) is 24.8 Å². The number of pyridine rings is 2. The quantitative estimate of drug-likeness (QED) is 0.746. The van der Waals surface area contributed by atoms with Crippen LogP contribution in [-0.4, -0.2) is 31.4 Å². The van der Waals surface area contributed by atoms with Crippen molar-refractivity contribution in [2.24, 2.45) is 0 Å². The molecule has 2 N–H and O–H groups in total. The fraction of sp³-hybridized carbons (Fsp3) is 0.316. The highest BCUT2D eigenvalue weighted by Gasteiger charge is 2.26. The Kier molecular flexibility index (Phi) is 4.43. The van der Waals surface area contributed by atoms with Crippen molar-refractivity contribution < 1.29 is 0 Å². The maximum Gasteiger partial charge on any atom is 0.131 e. The van der Waals surface area contributed by atoms with Gasteiger partial charge in [-0.15, -0.1) is 0 Å². The van der Waals surface area contributed by atoms with E-state index in [-0.39, 0.29) is 0 Å². The molecule has 0 aliphatic carbocycles. The summed E-state index contributed by atoms with van der Waals surface area (Å²) in [5.74, 6) is 1.66. The van der Waals surface area contributed by atoms with E-state index in [2.05, 4.69) is 42.3 Å². The van der Waals surface area contributed by atoms with Gasteiger partial charge in [-0.05, 0) is 56.1 Å². The highest BCUT2D eigenvalue weighted by atomic mass is 15.2. The number of aromatic amines is 1. The molecule has 25 heavy (non-hydrogen) atoms. The highest BCUT2D eigenvalue weighted by Crippen LogP contribution is 2.33. The number of H-pyrrole nitrogens is 1. The zero-order valence-electron chi connectivity index (χ0n) is 14.3. The van der Waals surface area contributed by atoms with Gasteiger partial charge in [-0.1, -0.05) is 6.07 Å². The number of aromatic nitrogens is 4. The van der Waals surface area contributed by atoms with Crippen LogP contribution in [0.15, 0.2) is 49.1 Å². The van der Waals surface area contributed by atoms with Crippen LogP contribution in [-0.2, 0) is 6.54 Å². The highest BCUT2D eigenvalue weighted by molar-refractivity contribution is 5.52. The smallest absolute Gasteiger partial charge is 0.131 e. The van der Waals surface area contributed by atoms with Crippen LogP contribution < -0.4 is 5.32 Å². The molecule has 0 radical (unpaired) electrons. The van der Waals surface area contributed by atoms with Gasteiger partial charge >= 0.3 is 0 Å². The second kappa shape index (κ2) is 7.03. The molecule has 6 heteroatoms. The maximum atomic E-state index is 4.49. The molecule has 0 unspecified atom stereocenters. The number of nitrogens with one attached hydrogen (secondary N) is 2. The second-order valence-corrected chi connectivity index (χ2v) is 6.47. The lowest BCUT2D eigenvalue weighted by Crippen LogP contribution is -2.23. The van der Waals surface area contributed by atoms with Crippen molar-refractivity contribution in [1.29, 1.82) is 0 Å². The van der Waals surface area contributed by atoms with Gasteiger partial charge in [0.25, 0.3) is 0 Å². The summed E-state index contributed by atoms with van der Waals surface area (Å²) >= 11 is 0. The number of anilines is 2. The molecule has 0 amide bonds. The Morgan fingerprint density at radius 2 is 2.24 bits per heavy atom. The van der Waals surface area contributed by atoms with Crippen LogP contribution >= 0.6 is 0 Å². The number of hydrogen-bond donors (Lipinski definition) is 2. The molecule has 1 aliphatic heterocycles. The van der Waals surface area contributed by atoms with E-state index < -0.39 is 0 Å². The number of aryl methyl sites for hydroxylation is 1. The molecular formula is C19H22N6. The Bertz CT molecular complexity index is 829. The summed E-state index contributed by atoms with van der Waals surface area (Å²) in [4.78, 5) is 18.8. The van der Waals surface area contributed by atoms with E-state index >= 15 is 0 Å². The van der Waals surface area contributed by atoms with Gasteiger partial charge < -0.3 is 10.3 Å². The molecule has 6 nitrogen and oxygen atoms in total. The molecule has 3 aromatic heterocycles. The fourth-order valence-electron chi connectivity index (χ4n) is 3.45. The molecule has 0 bridgehead atoms. The summed E-state index contributed by atoms with van der Waals surface area (Å²) in [7, 11) is 0. The van der Waals surface area contributed by atoms with E-state index in [4.69, 9.17) is 0 Å². The van der Waals surface area contributed by atoms with Crippen molar-refractivity contribution in [3.05, 3.63) is 66.0 Å². The van der Waals surface area contributed by atoms with Crippen LogP contribution in [0.5, 0.6) is 0 Å². The van der Waals surface area contributed by atoms with Gasteiger partial charge in [0.2, 0.25) is 0 Å². The average Bonchev–Trinajstić information content (AvgIpc) is 3.27. The molecule has 1 saturated heterocycles. The van der Waals surface area contributed by atoms with Crippen LogP contribution in [0.3, 0.4) is 0 Å². The lowest BCUT2D eigenvalue weighted by Gasteiger charge is -2.24. The van der Waals surface area contributed by atoms with Crippen LogP contribution in [0, 0.1) is 6.92 Å². The number of nitrogens with zero attached hydrogens (tertiary/aromatic N) is 4. The largest absolute Gasteiger partial charge is 0.347 e. The predicted molar refractivity (Wildman–Crippen MR) is 97.5 cm³/mol. The first-order valence-electron chi connectivity index (χ1n) is 8.66. The molecule has 0 aromatic carbocycles. The third-order valence-electron chi connectivity index (χ3n) is 4.61. The Morgan fingerprint density at radius 3 is 3.08 bits per heavy atom. The molecule has 1 atom stereocenters. The van der Waals surface area contributed by atoms with Gasteiger partial charge in [0.1, 0.15) is 11.6 Å². The van der Waals surface area contributed by atoms with Gasteiger partial charge in [0.05, 0.1) is 6.33 Å². The average molecular weight is 334 g/mol. The first-order chi connectivity index (χ1) is 12.3. The summed E-state index contributed by atoms with van der Waals surface area (Å²) in [5.41, 5.74) is 3.44. The first-order valence-corrected chi connectivity index (χ1v) is 8.66. The number of rotatable bonds is 5. The van der Waals surface area contributed by atoms with Gasteiger partial charge in [0, 0.05) is 36.4 Å². The topological polar surface area (TPSA) is 69.7 Å². The van der Waals surface area contributed by atoms with Crippen molar-refractivity contribution >= 4 is 11.6 Å². The summed E-state index contributed by atoms with van der Waals surface area (Å²) < 4.78 is 0. The minimum Gasteiger partial charge on any atom is -0.347 e. The standard InChI is InChI=1S/C19H22N6/c1-14-4-2-6-18(23-14)24-19-10-15(7-8-21-19)17-5-3-9-25(17)12-16-11-20-13-22-16/h2,4,6-8,10-11,13,17H,3,5,9,12H2,1H3,(H,20,22)(H,21,23,24)/t17-/m0/s1. The van der Waals surface area contributed by atoms with Crippen LogP contribution in [0.4, 0.5) is 11.6 Å². The number of likely N-dealkylation sites (tertiary alicyclic amines) is 1. The van der Waals surface area contributed by atoms with E-state index in [0.29, 0.717) is 6.04 Å². The molecule has 1 aliphatic rings. The van der Waals surface area contributed by atoms with E-state index in [1.165, 1.54) is 18.4 Å². The third kappa shape index (κ3) is 3.69. The minimum absolute atomic E-state index is 0.414. The van der Waals surface area contributed by atoms with Gasteiger partial charge in [0.15, 0.2) is 0 Å². The lowest BCUT2D eigenvalue weighted by molar-refractivity contribution is 0.246. The molecule has 128 valence electrons. The van der Waals surface area contributed by atoms with Gasteiger partial charge in [-0.25, -0.2) is 15.0 Å². The first kappa shape index (κ1) is 15.8. The Hall–Kier alpha value is -2.73. The molecule has 4 heterocycles. The molecule has 0 saturated carbocycles. The normalized spacial score (nSPS) is 17.7. The summed E-state index contributed by atoms with van der Waals surface area (Å²) in [5, 5.41) is 3.31. The van der Waals surface area contributed by atoms with Crippen LogP contribution in [0.2, 0.25) is 0 Å². The van der Waals surface area contributed by atoms with E-state index in [1.807, 2.05) is 37.5 Å². The van der Waals surface area contributed by atoms with Crippen molar-refractivity contribution in [3.63, 3.8) is 0 Å². The minimum atomic E-state index is 0.414. The molecule has 1 fully saturated rings. The van der Waals surface area contributed by atoms with Crippen molar-refractivity contribution in [2.75, 3.05) is 11.9 Å². The summed E-state index contributed by atoms with van der Waals surface area (Å²) in [6.45, 7) is 3.99. The zero-order chi connectivity index (χ0) is 17.1. The van der Waals surface area contributed by atoms with Crippen LogP contribution in [0.25, 0.3) is 0 Å². The number of hydrogen-bond acceptors (Lipinski definition) is 5. The van der Waals surface area contributed by atoms with E-state index in [1.54, 1.807) is 6.33 Å². The lowest BCUT2D eigenvalue weighted by atomic mass is 10.1. The monoisotopic (exact) mass is 334 g/mol. The third-order valence-corrected chi connectivity index (χ3v) is 4.61. The maximum absolute atomic E-state index is 4.49. The van der Waals surface area contributed by atoms with E-state index in [9.17, 15) is 0 Å². The molecule has 3 aromatic rings. The Labute approximate surface area is 147 Å². The second-order valence-electron chi connectivity index (χ2n) is 6.47. The van der Waals surface area contributed by atoms with Crippen LogP contribution in [0.1, 0.15) is 35.8 Å². The summed E-state index contributed by atoms with van der Waals surface area (Å²) in [6, 6.07) is 10.6.